The molecule has 0 atom stereocenters. The van der Waals surface area contributed by atoms with Crippen molar-refractivity contribution in [1.29, 1.82) is 0 Å². The third-order valence-electron chi connectivity index (χ3n) is 9.37. The zero-order valence-corrected chi connectivity index (χ0v) is 24.1. The Hall–Kier alpha value is -5.66. The average molecular weight is 561 g/mol. The third kappa shape index (κ3) is 3.94. The van der Waals surface area contributed by atoms with Crippen molar-refractivity contribution in [2.24, 2.45) is 0 Å². The summed E-state index contributed by atoms with van der Waals surface area (Å²) in [7, 11) is 0. The molecule has 9 rings (SSSR count). The minimum Gasteiger partial charge on any atom is -0.508 e. The van der Waals surface area contributed by atoms with Gasteiger partial charge in [-0.05, 0) is 125 Å². The molecule has 0 saturated heterocycles. The van der Waals surface area contributed by atoms with Gasteiger partial charge in [0.2, 0.25) is 0 Å². The molecule has 0 heterocycles. The third-order valence-corrected chi connectivity index (χ3v) is 9.37. The molecule has 44 heavy (non-hydrogen) atoms. The highest BCUT2D eigenvalue weighted by atomic mass is 16.3. The second-order valence-electron chi connectivity index (χ2n) is 11.9. The van der Waals surface area contributed by atoms with Crippen molar-refractivity contribution < 1.29 is 5.11 Å². The summed E-state index contributed by atoms with van der Waals surface area (Å²) in [4.78, 5) is 0. The van der Waals surface area contributed by atoms with Gasteiger partial charge in [-0.2, -0.15) is 0 Å². The van der Waals surface area contributed by atoms with Crippen LogP contribution < -0.4 is 0 Å². The molecule has 8 aromatic carbocycles. The number of hydrogen-bond donors (Lipinski definition) is 1. The topological polar surface area (TPSA) is 20.2 Å². The first-order valence-corrected chi connectivity index (χ1v) is 15.2. The van der Waals surface area contributed by atoms with Gasteiger partial charge in [0.05, 0.1) is 0 Å². The normalized spacial score (nSPS) is 12.1. The van der Waals surface area contributed by atoms with Crippen LogP contribution in [0.4, 0.5) is 0 Å². The summed E-state index contributed by atoms with van der Waals surface area (Å²) in [5.41, 5.74) is 12.9. The van der Waals surface area contributed by atoms with Crippen LogP contribution in [-0.2, 0) is 6.42 Å². The van der Waals surface area contributed by atoms with Gasteiger partial charge in [0.1, 0.15) is 5.75 Å². The fourth-order valence-electron chi connectivity index (χ4n) is 7.23. The molecule has 0 fully saturated rings. The van der Waals surface area contributed by atoms with E-state index in [2.05, 4.69) is 133 Å². The Labute approximate surface area is 256 Å². The molecule has 0 saturated carbocycles. The van der Waals surface area contributed by atoms with Crippen molar-refractivity contribution in [2.75, 3.05) is 0 Å². The van der Waals surface area contributed by atoms with Crippen LogP contribution in [0.3, 0.4) is 0 Å². The SMILES string of the molecule is Oc1ccc2cc(-c3ccc4c(c3-c3ccc5ccccc5c3)Cc3c(-c5ccc6ccccc6c5)cccc3-4)ccc2c1. The smallest absolute Gasteiger partial charge is 0.116 e. The summed E-state index contributed by atoms with van der Waals surface area (Å²) >= 11 is 0. The molecule has 0 spiro atoms. The van der Waals surface area contributed by atoms with Crippen molar-refractivity contribution >= 4 is 32.3 Å². The van der Waals surface area contributed by atoms with Gasteiger partial charge in [0, 0.05) is 0 Å². The maximum Gasteiger partial charge on any atom is 0.116 e. The molecule has 1 heteroatoms. The summed E-state index contributed by atoms with van der Waals surface area (Å²) in [5, 5.41) is 17.2. The lowest BCUT2D eigenvalue weighted by Gasteiger charge is -2.17. The minimum atomic E-state index is 0.291. The zero-order chi connectivity index (χ0) is 29.2. The van der Waals surface area contributed by atoms with Crippen LogP contribution in [0.2, 0.25) is 0 Å². The van der Waals surface area contributed by atoms with Crippen molar-refractivity contribution in [2.45, 2.75) is 6.42 Å². The first kappa shape index (κ1) is 24.9. The van der Waals surface area contributed by atoms with Crippen LogP contribution in [0, 0.1) is 0 Å². The molecule has 0 radical (unpaired) electrons. The first-order valence-electron chi connectivity index (χ1n) is 15.2. The van der Waals surface area contributed by atoms with E-state index >= 15 is 0 Å². The fraction of sp³-hybridized carbons (Fsp3) is 0.0233. The van der Waals surface area contributed by atoms with E-state index in [1.54, 1.807) is 6.07 Å². The van der Waals surface area contributed by atoms with Gasteiger partial charge in [-0.1, -0.05) is 121 Å². The quantitative estimate of drug-likeness (QED) is 0.228. The van der Waals surface area contributed by atoms with E-state index in [0.29, 0.717) is 5.75 Å². The Morgan fingerprint density at radius 1 is 0.341 bits per heavy atom. The second kappa shape index (κ2) is 9.69. The Bertz CT molecular complexity index is 2430. The molecular formula is C43H28O. The van der Waals surface area contributed by atoms with Crippen molar-refractivity contribution in [3.05, 3.63) is 163 Å². The number of phenols is 1. The van der Waals surface area contributed by atoms with E-state index in [4.69, 9.17) is 0 Å². The van der Waals surface area contributed by atoms with Crippen molar-refractivity contribution in [1.82, 2.24) is 0 Å². The predicted molar refractivity (Wildman–Crippen MR) is 185 cm³/mol. The van der Waals surface area contributed by atoms with Gasteiger partial charge >= 0.3 is 0 Å². The molecule has 0 amide bonds. The van der Waals surface area contributed by atoms with E-state index in [0.717, 1.165) is 17.2 Å². The van der Waals surface area contributed by atoms with E-state index in [9.17, 15) is 5.11 Å². The number of benzene rings is 8. The highest BCUT2D eigenvalue weighted by molar-refractivity contribution is 6.00. The number of hydrogen-bond acceptors (Lipinski definition) is 1. The molecule has 1 N–H and O–H groups in total. The zero-order valence-electron chi connectivity index (χ0n) is 24.1. The maximum absolute atomic E-state index is 10.0. The molecule has 1 nitrogen and oxygen atoms in total. The summed E-state index contributed by atoms with van der Waals surface area (Å²) < 4.78 is 0. The largest absolute Gasteiger partial charge is 0.508 e. The molecule has 0 bridgehead atoms. The lowest BCUT2D eigenvalue weighted by Crippen LogP contribution is -1.94. The maximum atomic E-state index is 10.0. The van der Waals surface area contributed by atoms with Gasteiger partial charge in [0.25, 0.3) is 0 Å². The van der Waals surface area contributed by atoms with E-state index in [-0.39, 0.29) is 0 Å². The molecule has 1 aliphatic carbocycles. The van der Waals surface area contributed by atoms with Gasteiger partial charge in [0.15, 0.2) is 0 Å². The highest BCUT2D eigenvalue weighted by Gasteiger charge is 2.27. The van der Waals surface area contributed by atoms with E-state index < -0.39 is 0 Å². The minimum absolute atomic E-state index is 0.291. The van der Waals surface area contributed by atoms with Crippen LogP contribution >= 0.6 is 0 Å². The average Bonchev–Trinajstić information content (AvgIpc) is 3.46. The Morgan fingerprint density at radius 2 is 0.841 bits per heavy atom. The number of aromatic hydroxyl groups is 1. The summed E-state index contributed by atoms with van der Waals surface area (Å²) in [6.07, 6.45) is 0.880. The highest BCUT2D eigenvalue weighted by Crippen LogP contribution is 2.49. The van der Waals surface area contributed by atoms with Crippen LogP contribution in [0.25, 0.3) is 76.8 Å². The van der Waals surface area contributed by atoms with Gasteiger partial charge < -0.3 is 5.11 Å². The van der Waals surface area contributed by atoms with Crippen LogP contribution in [0.5, 0.6) is 5.75 Å². The fourth-order valence-corrected chi connectivity index (χ4v) is 7.23. The van der Waals surface area contributed by atoms with Gasteiger partial charge in [-0.15, -0.1) is 0 Å². The van der Waals surface area contributed by atoms with Gasteiger partial charge in [-0.3, -0.25) is 0 Å². The molecule has 0 unspecified atom stereocenters. The molecular weight excluding hydrogens is 532 g/mol. The Kier molecular flexibility index (Phi) is 5.48. The van der Waals surface area contributed by atoms with Crippen molar-refractivity contribution in [3.8, 4) is 50.3 Å². The second-order valence-corrected chi connectivity index (χ2v) is 11.9. The first-order chi connectivity index (χ1) is 21.7. The van der Waals surface area contributed by atoms with Gasteiger partial charge in [-0.25, -0.2) is 0 Å². The molecule has 206 valence electrons. The van der Waals surface area contributed by atoms with Crippen LogP contribution in [0.1, 0.15) is 11.1 Å². The monoisotopic (exact) mass is 560 g/mol. The standard InChI is InChI=1S/C43H28O/c44-36-19-18-31-23-34(16-14-32(31)25-36)38-20-21-40-39-11-5-10-37(33-15-12-27-6-1-3-8-29(27)22-33)41(39)26-42(40)43(38)35-17-13-28-7-2-4-9-30(28)24-35/h1-25,44H,26H2. The van der Waals surface area contributed by atoms with E-state index in [1.165, 1.54) is 77.2 Å². The number of fused-ring (bicyclic) bond motifs is 6. The molecule has 1 aliphatic rings. The summed E-state index contributed by atoms with van der Waals surface area (Å²) in [6, 6.07) is 54.5. The Balaban J connectivity index is 1.26. The summed E-state index contributed by atoms with van der Waals surface area (Å²) in [5.74, 6) is 0.291. The number of rotatable bonds is 3. The Morgan fingerprint density at radius 3 is 1.59 bits per heavy atom. The molecule has 0 aliphatic heterocycles. The van der Waals surface area contributed by atoms with Crippen LogP contribution in [0.15, 0.2) is 152 Å². The predicted octanol–water partition coefficient (Wildman–Crippen LogP) is 11.4. The lowest BCUT2D eigenvalue weighted by atomic mass is 9.86. The van der Waals surface area contributed by atoms with Crippen LogP contribution in [-0.4, -0.2) is 5.11 Å². The van der Waals surface area contributed by atoms with E-state index in [1.807, 2.05) is 12.1 Å². The number of phenolic OH excluding ortho intramolecular Hbond substituents is 1. The summed E-state index contributed by atoms with van der Waals surface area (Å²) in [6.45, 7) is 0. The van der Waals surface area contributed by atoms with Crippen molar-refractivity contribution in [3.63, 3.8) is 0 Å². The molecule has 8 aromatic rings. The lowest BCUT2D eigenvalue weighted by molar-refractivity contribution is 0.476. The molecule has 0 aromatic heterocycles.